The zero-order valence-electron chi connectivity index (χ0n) is 14.9. The van der Waals surface area contributed by atoms with Gasteiger partial charge in [-0.15, -0.1) is 0 Å². The Balaban J connectivity index is 1.74. The molecule has 144 valence electrons. The van der Waals surface area contributed by atoms with Crippen LogP contribution in [-0.4, -0.2) is 31.5 Å². The zero-order chi connectivity index (χ0) is 20.0. The predicted molar refractivity (Wildman–Crippen MR) is 103 cm³/mol. The molecule has 0 aliphatic heterocycles. The van der Waals surface area contributed by atoms with Gasteiger partial charge in [-0.3, -0.25) is 9.59 Å². The summed E-state index contributed by atoms with van der Waals surface area (Å²) in [7, 11) is 0. The Hall–Kier alpha value is -2.31. The minimum Gasteiger partial charge on any atom is -0.484 e. The second kappa shape index (κ2) is 9.58. The second-order valence-electron chi connectivity index (χ2n) is 5.86. The van der Waals surface area contributed by atoms with Gasteiger partial charge in [-0.25, -0.2) is 4.39 Å². The Kier molecular flexibility index (Phi) is 7.45. The van der Waals surface area contributed by atoms with E-state index in [1.54, 1.807) is 12.1 Å². The van der Waals surface area contributed by atoms with Gasteiger partial charge in [0.2, 0.25) is 0 Å². The SMILES string of the molecule is Cc1cc(OCC(=O)NCCNC(=O)c2c(F)cccc2Cl)cc(C)c1Cl. The third kappa shape index (κ3) is 5.84. The molecule has 0 saturated carbocycles. The van der Waals surface area contributed by atoms with Gasteiger partial charge in [-0.05, 0) is 49.2 Å². The van der Waals surface area contributed by atoms with E-state index in [9.17, 15) is 14.0 Å². The molecule has 0 spiro atoms. The normalized spacial score (nSPS) is 10.4. The van der Waals surface area contributed by atoms with Gasteiger partial charge in [-0.2, -0.15) is 0 Å². The molecule has 0 atom stereocenters. The van der Waals surface area contributed by atoms with E-state index in [-0.39, 0.29) is 36.2 Å². The largest absolute Gasteiger partial charge is 0.484 e. The van der Waals surface area contributed by atoms with Crippen molar-refractivity contribution in [1.29, 1.82) is 0 Å². The number of ether oxygens (including phenoxy) is 1. The van der Waals surface area contributed by atoms with Crippen molar-refractivity contribution in [2.75, 3.05) is 19.7 Å². The quantitative estimate of drug-likeness (QED) is 0.681. The van der Waals surface area contributed by atoms with Crippen LogP contribution in [-0.2, 0) is 4.79 Å². The summed E-state index contributed by atoms with van der Waals surface area (Å²) < 4.78 is 19.1. The van der Waals surface area contributed by atoms with E-state index in [1.807, 2.05) is 13.8 Å². The number of rotatable bonds is 7. The molecule has 0 aromatic heterocycles. The Bertz CT molecular complexity index is 816. The Labute approximate surface area is 166 Å². The van der Waals surface area contributed by atoms with Gasteiger partial charge >= 0.3 is 0 Å². The minimum atomic E-state index is -0.703. The molecule has 0 radical (unpaired) electrons. The van der Waals surface area contributed by atoms with Gasteiger partial charge in [0.15, 0.2) is 6.61 Å². The summed E-state index contributed by atoms with van der Waals surface area (Å²) in [6, 6.07) is 7.50. The van der Waals surface area contributed by atoms with Crippen LogP contribution in [0.3, 0.4) is 0 Å². The van der Waals surface area contributed by atoms with Gasteiger partial charge in [0.25, 0.3) is 11.8 Å². The molecule has 8 heteroatoms. The van der Waals surface area contributed by atoms with Gasteiger partial charge < -0.3 is 15.4 Å². The number of halogens is 3. The molecule has 2 amide bonds. The summed E-state index contributed by atoms with van der Waals surface area (Å²) in [5, 5.41) is 5.79. The van der Waals surface area contributed by atoms with E-state index >= 15 is 0 Å². The van der Waals surface area contributed by atoms with Crippen LogP contribution in [0.15, 0.2) is 30.3 Å². The molecule has 0 bridgehead atoms. The van der Waals surface area contributed by atoms with E-state index in [0.717, 1.165) is 17.2 Å². The minimum absolute atomic E-state index is 0.0264. The number of hydrogen-bond acceptors (Lipinski definition) is 3. The molecular formula is C19H19Cl2FN2O3. The van der Waals surface area contributed by atoms with Crippen molar-refractivity contribution in [2.45, 2.75) is 13.8 Å². The third-order valence-corrected chi connectivity index (χ3v) is 4.61. The van der Waals surface area contributed by atoms with E-state index < -0.39 is 11.7 Å². The first-order chi connectivity index (χ1) is 12.8. The number of amides is 2. The molecule has 2 aromatic rings. The summed E-state index contributed by atoms with van der Waals surface area (Å²) >= 11 is 11.9. The molecule has 27 heavy (non-hydrogen) atoms. The van der Waals surface area contributed by atoms with Crippen molar-refractivity contribution in [3.63, 3.8) is 0 Å². The van der Waals surface area contributed by atoms with E-state index in [0.29, 0.717) is 10.8 Å². The number of benzene rings is 2. The van der Waals surface area contributed by atoms with Crippen LogP contribution in [0.1, 0.15) is 21.5 Å². The van der Waals surface area contributed by atoms with Crippen LogP contribution in [0.2, 0.25) is 10.0 Å². The molecule has 0 saturated heterocycles. The lowest BCUT2D eigenvalue weighted by molar-refractivity contribution is -0.123. The fourth-order valence-corrected chi connectivity index (χ4v) is 2.73. The Morgan fingerprint density at radius 3 is 2.33 bits per heavy atom. The monoisotopic (exact) mass is 412 g/mol. The van der Waals surface area contributed by atoms with E-state index in [4.69, 9.17) is 27.9 Å². The lowest BCUT2D eigenvalue weighted by Crippen LogP contribution is -2.37. The summed E-state index contributed by atoms with van der Waals surface area (Å²) in [5.41, 5.74) is 1.51. The summed E-state index contributed by atoms with van der Waals surface area (Å²) in [6.07, 6.45) is 0. The molecule has 0 aliphatic carbocycles. The maximum absolute atomic E-state index is 13.6. The van der Waals surface area contributed by atoms with Crippen LogP contribution < -0.4 is 15.4 Å². The molecule has 0 unspecified atom stereocenters. The number of aryl methyl sites for hydroxylation is 2. The standard InChI is InChI=1S/C19H19Cl2FN2O3/c1-11-8-13(9-12(2)18(11)21)27-10-16(25)23-6-7-24-19(26)17-14(20)4-3-5-15(17)22/h3-5,8-9H,6-7,10H2,1-2H3,(H,23,25)(H,24,26). The first-order valence-corrected chi connectivity index (χ1v) is 8.93. The number of nitrogens with one attached hydrogen (secondary N) is 2. The topological polar surface area (TPSA) is 67.4 Å². The van der Waals surface area contributed by atoms with Crippen molar-refractivity contribution in [3.05, 3.63) is 62.9 Å². The van der Waals surface area contributed by atoms with Crippen molar-refractivity contribution >= 4 is 35.0 Å². The highest BCUT2D eigenvalue weighted by molar-refractivity contribution is 6.33. The summed E-state index contributed by atoms with van der Waals surface area (Å²) in [5.74, 6) is -1.15. The fourth-order valence-electron chi connectivity index (χ4n) is 2.37. The Morgan fingerprint density at radius 2 is 1.70 bits per heavy atom. The average Bonchev–Trinajstić information content (AvgIpc) is 2.61. The molecular weight excluding hydrogens is 394 g/mol. The summed E-state index contributed by atoms with van der Waals surface area (Å²) in [6.45, 7) is 3.82. The molecule has 0 fully saturated rings. The number of hydrogen-bond donors (Lipinski definition) is 2. The molecule has 0 heterocycles. The van der Waals surface area contributed by atoms with Crippen LogP contribution in [0.25, 0.3) is 0 Å². The van der Waals surface area contributed by atoms with Crippen molar-refractivity contribution in [1.82, 2.24) is 10.6 Å². The zero-order valence-corrected chi connectivity index (χ0v) is 16.4. The van der Waals surface area contributed by atoms with Crippen molar-refractivity contribution < 1.29 is 18.7 Å². The van der Waals surface area contributed by atoms with Gasteiger partial charge in [0.05, 0.1) is 10.6 Å². The van der Waals surface area contributed by atoms with Crippen molar-refractivity contribution in [3.8, 4) is 5.75 Å². The number of carbonyl (C=O) groups excluding carboxylic acids is 2. The van der Waals surface area contributed by atoms with Crippen LogP contribution >= 0.6 is 23.2 Å². The van der Waals surface area contributed by atoms with Gasteiger partial charge in [-0.1, -0.05) is 29.3 Å². The van der Waals surface area contributed by atoms with Gasteiger partial charge in [0, 0.05) is 18.1 Å². The Morgan fingerprint density at radius 1 is 1.07 bits per heavy atom. The number of carbonyl (C=O) groups is 2. The van der Waals surface area contributed by atoms with Crippen LogP contribution in [0.5, 0.6) is 5.75 Å². The lowest BCUT2D eigenvalue weighted by atomic mass is 10.1. The molecule has 0 aliphatic rings. The van der Waals surface area contributed by atoms with E-state index in [1.165, 1.54) is 12.1 Å². The van der Waals surface area contributed by atoms with Crippen LogP contribution in [0, 0.1) is 19.7 Å². The first-order valence-electron chi connectivity index (χ1n) is 8.18. The van der Waals surface area contributed by atoms with Crippen LogP contribution in [0.4, 0.5) is 4.39 Å². The average molecular weight is 413 g/mol. The molecule has 5 nitrogen and oxygen atoms in total. The van der Waals surface area contributed by atoms with E-state index in [2.05, 4.69) is 10.6 Å². The first kappa shape index (κ1) is 21.0. The molecule has 2 rings (SSSR count). The molecule has 2 aromatic carbocycles. The third-order valence-electron chi connectivity index (χ3n) is 3.70. The molecule has 2 N–H and O–H groups in total. The highest BCUT2D eigenvalue weighted by Crippen LogP contribution is 2.25. The fraction of sp³-hybridized carbons (Fsp3) is 0.263. The van der Waals surface area contributed by atoms with Gasteiger partial charge in [0.1, 0.15) is 11.6 Å². The highest BCUT2D eigenvalue weighted by Gasteiger charge is 2.15. The lowest BCUT2D eigenvalue weighted by Gasteiger charge is -2.11. The maximum atomic E-state index is 13.6. The highest BCUT2D eigenvalue weighted by atomic mass is 35.5. The predicted octanol–water partition coefficient (Wildman–Crippen LogP) is 3.67. The summed E-state index contributed by atoms with van der Waals surface area (Å²) in [4.78, 5) is 23.8. The second-order valence-corrected chi connectivity index (χ2v) is 6.65. The smallest absolute Gasteiger partial charge is 0.258 e. The maximum Gasteiger partial charge on any atom is 0.258 e. The van der Waals surface area contributed by atoms with Crippen molar-refractivity contribution in [2.24, 2.45) is 0 Å².